The van der Waals surface area contributed by atoms with Crippen molar-refractivity contribution in [1.82, 2.24) is 0 Å². The second-order valence-corrected chi connectivity index (χ2v) is 6.22. The number of thioether (sulfide) groups is 1. The summed E-state index contributed by atoms with van der Waals surface area (Å²) in [5, 5.41) is 3.14. The molecule has 1 aliphatic rings. The van der Waals surface area contributed by atoms with Crippen LogP contribution in [0.3, 0.4) is 0 Å². The maximum absolute atomic E-state index is 2.31. The molecule has 0 spiro atoms. The SMILES string of the molecule is C1=CC(Sc2ccccc2)c2cccc3cccc1c23. The van der Waals surface area contributed by atoms with Crippen LogP contribution < -0.4 is 0 Å². The van der Waals surface area contributed by atoms with Gasteiger partial charge in [0.2, 0.25) is 0 Å². The lowest BCUT2D eigenvalue weighted by Gasteiger charge is -2.21. The number of rotatable bonds is 2. The highest BCUT2D eigenvalue weighted by atomic mass is 32.2. The first-order valence-corrected chi connectivity index (χ1v) is 7.71. The number of hydrogen-bond donors (Lipinski definition) is 0. The summed E-state index contributed by atoms with van der Waals surface area (Å²) in [4.78, 5) is 1.32. The highest BCUT2D eigenvalue weighted by Crippen LogP contribution is 2.43. The fourth-order valence-corrected chi connectivity index (χ4v) is 3.91. The van der Waals surface area contributed by atoms with Crippen LogP contribution in [0.25, 0.3) is 16.8 Å². The molecule has 0 saturated heterocycles. The van der Waals surface area contributed by atoms with Crippen molar-refractivity contribution < 1.29 is 0 Å². The summed E-state index contributed by atoms with van der Waals surface area (Å²) in [5.41, 5.74) is 2.76. The molecule has 0 heterocycles. The van der Waals surface area contributed by atoms with Crippen LogP contribution in [0, 0.1) is 0 Å². The minimum atomic E-state index is 0.399. The molecule has 0 amide bonds. The minimum Gasteiger partial charge on any atom is -0.114 e. The van der Waals surface area contributed by atoms with Gasteiger partial charge in [-0.2, -0.15) is 0 Å². The molecule has 0 nitrogen and oxygen atoms in total. The summed E-state index contributed by atoms with van der Waals surface area (Å²) >= 11 is 1.91. The van der Waals surface area contributed by atoms with Crippen molar-refractivity contribution in [2.24, 2.45) is 0 Å². The van der Waals surface area contributed by atoms with Gasteiger partial charge in [-0.15, -0.1) is 11.8 Å². The molecule has 3 aromatic rings. The highest BCUT2D eigenvalue weighted by molar-refractivity contribution is 7.99. The van der Waals surface area contributed by atoms with Gasteiger partial charge in [0.1, 0.15) is 0 Å². The normalized spacial score (nSPS) is 16.5. The Morgan fingerprint density at radius 2 is 1.55 bits per heavy atom. The third-order valence-electron chi connectivity index (χ3n) is 3.73. The predicted molar refractivity (Wildman–Crippen MR) is 88.0 cm³/mol. The van der Waals surface area contributed by atoms with Crippen LogP contribution in [0.15, 0.2) is 77.7 Å². The Morgan fingerprint density at radius 1 is 0.750 bits per heavy atom. The first kappa shape index (κ1) is 11.8. The van der Waals surface area contributed by atoms with Gasteiger partial charge in [-0.1, -0.05) is 66.7 Å². The van der Waals surface area contributed by atoms with Crippen molar-refractivity contribution in [3.63, 3.8) is 0 Å². The van der Waals surface area contributed by atoms with E-state index >= 15 is 0 Å². The lowest BCUT2D eigenvalue weighted by atomic mass is 9.93. The van der Waals surface area contributed by atoms with Gasteiger partial charge in [0.25, 0.3) is 0 Å². The van der Waals surface area contributed by atoms with Crippen LogP contribution >= 0.6 is 11.8 Å². The van der Waals surface area contributed by atoms with Gasteiger partial charge in [0.05, 0.1) is 5.25 Å². The zero-order valence-electron chi connectivity index (χ0n) is 11.0. The standard InChI is InChI=1S/C19H14S/c1-2-9-16(10-3-1)20-18-13-12-15-7-4-6-14-8-5-11-17(18)19(14)15/h1-13,18H. The van der Waals surface area contributed by atoms with Crippen LogP contribution in [0.4, 0.5) is 0 Å². The molecular formula is C19H14S. The Morgan fingerprint density at radius 3 is 2.40 bits per heavy atom. The highest BCUT2D eigenvalue weighted by Gasteiger charge is 2.18. The summed E-state index contributed by atoms with van der Waals surface area (Å²) in [6.07, 6.45) is 4.57. The molecule has 0 aromatic heterocycles. The van der Waals surface area contributed by atoms with E-state index in [1.54, 1.807) is 0 Å². The van der Waals surface area contributed by atoms with E-state index in [-0.39, 0.29) is 0 Å². The molecular weight excluding hydrogens is 260 g/mol. The van der Waals surface area contributed by atoms with E-state index in [1.807, 2.05) is 11.8 Å². The van der Waals surface area contributed by atoms with Gasteiger partial charge in [-0.05, 0) is 34.0 Å². The lowest BCUT2D eigenvalue weighted by Crippen LogP contribution is -1.98. The van der Waals surface area contributed by atoms with Crippen molar-refractivity contribution in [3.05, 3.63) is 83.9 Å². The molecule has 1 atom stereocenters. The van der Waals surface area contributed by atoms with Crippen molar-refractivity contribution >= 4 is 28.6 Å². The quantitative estimate of drug-likeness (QED) is 0.577. The summed E-state index contributed by atoms with van der Waals surface area (Å²) in [5.74, 6) is 0. The maximum atomic E-state index is 2.31. The molecule has 0 saturated carbocycles. The van der Waals surface area contributed by atoms with E-state index in [4.69, 9.17) is 0 Å². The van der Waals surface area contributed by atoms with Crippen LogP contribution in [-0.2, 0) is 0 Å². The van der Waals surface area contributed by atoms with E-state index in [9.17, 15) is 0 Å². The lowest BCUT2D eigenvalue weighted by molar-refractivity contribution is 1.24. The van der Waals surface area contributed by atoms with Gasteiger partial charge < -0.3 is 0 Å². The van der Waals surface area contributed by atoms with Crippen LogP contribution in [-0.4, -0.2) is 0 Å². The Bertz CT molecular complexity index is 782. The molecule has 0 radical (unpaired) electrons. The first-order chi connectivity index (χ1) is 9.92. The van der Waals surface area contributed by atoms with E-state index in [1.165, 1.54) is 26.8 Å². The summed E-state index contributed by atoms with van der Waals surface area (Å²) in [6, 6.07) is 23.8. The van der Waals surface area contributed by atoms with Crippen LogP contribution in [0.5, 0.6) is 0 Å². The van der Waals surface area contributed by atoms with E-state index in [2.05, 4.69) is 78.9 Å². The third-order valence-corrected chi connectivity index (χ3v) is 4.94. The molecule has 1 heteroatoms. The molecule has 0 N–H and O–H groups in total. The maximum Gasteiger partial charge on any atom is 0.0534 e. The van der Waals surface area contributed by atoms with Crippen molar-refractivity contribution in [1.29, 1.82) is 0 Å². The predicted octanol–water partition coefficient (Wildman–Crippen LogP) is 5.70. The third kappa shape index (κ3) is 1.95. The largest absolute Gasteiger partial charge is 0.114 e. The summed E-state index contributed by atoms with van der Waals surface area (Å²) < 4.78 is 0. The molecule has 20 heavy (non-hydrogen) atoms. The zero-order valence-corrected chi connectivity index (χ0v) is 11.8. The van der Waals surface area contributed by atoms with Gasteiger partial charge in [0.15, 0.2) is 0 Å². The molecule has 96 valence electrons. The van der Waals surface area contributed by atoms with Crippen LogP contribution in [0.1, 0.15) is 16.4 Å². The second-order valence-electron chi connectivity index (χ2n) is 5.00. The minimum absolute atomic E-state index is 0.399. The molecule has 0 bridgehead atoms. The molecule has 0 aliphatic heterocycles. The number of hydrogen-bond acceptors (Lipinski definition) is 1. The fraction of sp³-hybridized carbons (Fsp3) is 0.0526. The van der Waals surface area contributed by atoms with Crippen molar-refractivity contribution in [2.45, 2.75) is 10.1 Å². The fourth-order valence-electron chi connectivity index (χ4n) is 2.82. The first-order valence-electron chi connectivity index (χ1n) is 6.83. The molecule has 3 aromatic carbocycles. The molecule has 1 unspecified atom stereocenters. The summed E-state index contributed by atoms with van der Waals surface area (Å²) in [7, 11) is 0. The van der Waals surface area contributed by atoms with Gasteiger partial charge in [-0.25, -0.2) is 0 Å². The Kier molecular flexibility index (Phi) is 2.86. The average Bonchev–Trinajstić information content (AvgIpc) is 2.51. The smallest absolute Gasteiger partial charge is 0.0534 e. The zero-order chi connectivity index (χ0) is 13.4. The molecule has 4 rings (SSSR count). The van der Waals surface area contributed by atoms with E-state index < -0.39 is 0 Å². The van der Waals surface area contributed by atoms with Crippen molar-refractivity contribution in [2.75, 3.05) is 0 Å². The average molecular weight is 274 g/mol. The van der Waals surface area contributed by atoms with Gasteiger partial charge in [-0.3, -0.25) is 0 Å². The second kappa shape index (κ2) is 4.84. The number of benzene rings is 3. The van der Waals surface area contributed by atoms with Gasteiger partial charge in [0, 0.05) is 4.90 Å². The van der Waals surface area contributed by atoms with Gasteiger partial charge >= 0.3 is 0 Å². The Hall–Kier alpha value is -1.99. The van der Waals surface area contributed by atoms with E-state index in [0.717, 1.165) is 0 Å². The molecule has 1 aliphatic carbocycles. The summed E-state index contributed by atoms with van der Waals surface area (Å²) in [6.45, 7) is 0. The van der Waals surface area contributed by atoms with E-state index in [0.29, 0.717) is 5.25 Å². The Labute approximate surface area is 123 Å². The van der Waals surface area contributed by atoms with Crippen molar-refractivity contribution in [3.8, 4) is 0 Å². The Balaban J connectivity index is 1.82. The monoisotopic (exact) mass is 274 g/mol. The van der Waals surface area contributed by atoms with Crippen LogP contribution in [0.2, 0.25) is 0 Å². The molecule has 0 fully saturated rings. The topological polar surface area (TPSA) is 0 Å².